The molecule has 0 amide bonds. The summed E-state index contributed by atoms with van der Waals surface area (Å²) in [5.74, 6) is 2.98. The third-order valence-electron chi connectivity index (χ3n) is 19.5. The third kappa shape index (κ3) is 45.7. The van der Waals surface area contributed by atoms with Crippen LogP contribution < -0.4 is 0 Å². The fraction of sp³-hybridized carbons (Fsp3) is 0.620. The SMILES string of the molecule is CC(C)(C)C1=CN=CC1.CC(C)(C)C1CC1.CC(C)(C)C1CCCCC1.CC(C)(C)N1CCOCC1.CC(C)(C)c1ccccc1.CC(C)(C)c1cccnc1.CC(C)(C)c1cccs1.CC(C)(C)c1cnc2ccccc2c1.CC(C)(C)c1cnco1.CC(C)(C)c1cncs1.CC(C)(C)c1nccs1.CC(C)(C)c1nncs1. The first-order valence-electron chi connectivity index (χ1n) is 42.1. The minimum Gasteiger partial charge on any atom is -0.448 e. The van der Waals surface area contributed by atoms with Crippen LogP contribution in [0.2, 0.25) is 0 Å². The molecule has 642 valence electrons. The molecule has 2 aromatic carbocycles. The summed E-state index contributed by atoms with van der Waals surface area (Å²) < 4.78 is 10.3. The molecule has 4 aliphatic rings. The van der Waals surface area contributed by atoms with E-state index in [-0.39, 0.29) is 32.5 Å². The van der Waals surface area contributed by atoms with E-state index in [1.165, 1.54) is 93.8 Å². The number of benzene rings is 2. The molecule has 2 aliphatic heterocycles. The van der Waals surface area contributed by atoms with Crippen molar-refractivity contribution in [1.82, 2.24) is 40.0 Å². The predicted molar refractivity (Wildman–Crippen MR) is 508 cm³/mol. The van der Waals surface area contributed by atoms with E-state index in [9.17, 15) is 0 Å². The number of aliphatic imine (C=N–C) groups is 1. The summed E-state index contributed by atoms with van der Waals surface area (Å²) in [6.45, 7) is 83.8. The molecule has 0 radical (unpaired) electrons. The number of rotatable bonds is 0. The van der Waals surface area contributed by atoms with Gasteiger partial charge < -0.3 is 9.15 Å². The van der Waals surface area contributed by atoms with E-state index in [2.05, 4.69) is 366 Å². The van der Waals surface area contributed by atoms with Crippen molar-refractivity contribution in [3.05, 3.63) is 204 Å². The first-order chi connectivity index (χ1) is 52.7. The Balaban J connectivity index is 0.000000427. The van der Waals surface area contributed by atoms with E-state index in [1.54, 1.807) is 51.9 Å². The molecular formula is C100H161N9O2S4. The summed E-state index contributed by atoms with van der Waals surface area (Å²) >= 11 is 6.87. The molecule has 0 N–H and O–H groups in total. The van der Waals surface area contributed by atoms with E-state index >= 15 is 0 Å². The highest BCUT2D eigenvalue weighted by Crippen LogP contribution is 2.44. The van der Waals surface area contributed by atoms with Crippen molar-refractivity contribution in [1.29, 1.82) is 0 Å². The van der Waals surface area contributed by atoms with Crippen molar-refractivity contribution in [2.75, 3.05) is 26.3 Å². The summed E-state index contributed by atoms with van der Waals surface area (Å²) in [6.07, 6.45) is 28.0. The van der Waals surface area contributed by atoms with Crippen LogP contribution in [0.5, 0.6) is 0 Å². The molecule has 0 spiro atoms. The lowest BCUT2D eigenvalue weighted by atomic mass is 9.72. The number of allylic oxidation sites excluding steroid dienone is 1. The van der Waals surface area contributed by atoms with Crippen LogP contribution in [0.25, 0.3) is 10.9 Å². The Morgan fingerprint density at radius 1 is 0.400 bits per heavy atom. The van der Waals surface area contributed by atoms with E-state index < -0.39 is 0 Å². The molecule has 7 aromatic heterocycles. The van der Waals surface area contributed by atoms with Crippen LogP contribution in [0.15, 0.2) is 171 Å². The number of hydrogen-bond donors (Lipinski definition) is 0. The lowest BCUT2D eigenvalue weighted by Gasteiger charge is -2.38. The molecule has 0 atom stereocenters. The second-order valence-electron chi connectivity index (χ2n) is 42.9. The highest BCUT2D eigenvalue weighted by molar-refractivity contribution is 7.10. The molecule has 11 nitrogen and oxygen atoms in total. The number of nitrogens with zero attached hydrogens (tertiary/aromatic N) is 9. The standard InChI is InChI=1S/C13H15N.C10H20.C10H14.C9H13N.C8H17NO.C8H13N.C8H12S.C7H11NO.2C7H11NS.C7H14.C6H10N2S/c1-13(2,3)11-8-10-6-4-5-7-12(10)14-9-11;2*1-10(2,3)9-7-5-4-6-8-9;1-9(2,3)8-5-4-6-10-7-8;1-8(2,3)9-4-6-10-7-5-9;1-8(2,3)7-4-5-9-6-7;1-8(2,3)7-5-4-6-9-7;2*1-7(2,3)6-4-8-5-9-6;1-7(2,3)6-8-4-5-9-6;1-7(2,3)6-4-5-6;1-6(2,3)5-8-7-4-9-5/h4-9H,1-3H3;9H,4-8H2,1-3H3;4-8H,1-3H3;4-7H,1-3H3;4-7H2,1-3H3;5-6H,4H2,1-3H3;4-6H,1-3H3;3*4-5H,1-3H3;6H,4-5H2,1-3H3;4H,1-3H3. The third-order valence-corrected chi connectivity index (χ3v) is 24.3. The van der Waals surface area contributed by atoms with Crippen LogP contribution in [-0.2, 0) is 48.1 Å². The van der Waals surface area contributed by atoms with Crippen molar-refractivity contribution in [3.8, 4) is 0 Å². The molecule has 2 aliphatic carbocycles. The van der Waals surface area contributed by atoms with Crippen molar-refractivity contribution in [3.63, 3.8) is 0 Å². The molecule has 3 fully saturated rings. The van der Waals surface area contributed by atoms with Crippen molar-refractivity contribution in [2.24, 2.45) is 33.1 Å². The number of thiazole rings is 2. The fourth-order valence-electron chi connectivity index (χ4n) is 11.2. The summed E-state index contributed by atoms with van der Waals surface area (Å²) in [5.41, 5.74) is 13.7. The topological polar surface area (TPSA) is 128 Å². The zero-order valence-corrected chi connectivity index (χ0v) is 82.5. The summed E-state index contributed by atoms with van der Waals surface area (Å²) in [7, 11) is 0. The molecule has 0 unspecified atom stereocenters. The van der Waals surface area contributed by atoms with Crippen molar-refractivity contribution in [2.45, 2.75) is 349 Å². The number of fused-ring (bicyclic) bond motifs is 1. The Bertz CT molecular complexity index is 3630. The Morgan fingerprint density at radius 2 is 0.948 bits per heavy atom. The van der Waals surface area contributed by atoms with Gasteiger partial charge in [0, 0.05) is 105 Å². The van der Waals surface area contributed by atoms with Gasteiger partial charge in [0.15, 0.2) is 6.39 Å². The number of pyridine rings is 2. The minimum atomic E-state index is 0.0938. The van der Waals surface area contributed by atoms with Crippen LogP contribution in [-0.4, -0.2) is 78.1 Å². The zero-order chi connectivity index (χ0) is 87.6. The Kier molecular flexibility index (Phi) is 43.6. The van der Waals surface area contributed by atoms with Gasteiger partial charge in [0.05, 0.1) is 35.4 Å². The van der Waals surface area contributed by atoms with E-state index in [1.807, 2.05) is 77.6 Å². The number of hydrogen-bond acceptors (Lipinski definition) is 15. The Morgan fingerprint density at radius 3 is 1.24 bits per heavy atom. The average molecular weight is 1650 g/mol. The molecule has 13 rings (SSSR count). The van der Waals surface area contributed by atoms with Gasteiger partial charge in [0.1, 0.15) is 16.3 Å². The molecular weight excluding hydrogens is 1490 g/mol. The quantitative estimate of drug-likeness (QED) is 0.145. The number of oxazole rings is 1. The van der Waals surface area contributed by atoms with Crippen LogP contribution in [0, 0.1) is 28.1 Å². The highest BCUT2D eigenvalue weighted by atomic mass is 32.1. The van der Waals surface area contributed by atoms with E-state index in [0.29, 0.717) is 32.6 Å². The largest absolute Gasteiger partial charge is 0.448 e. The monoisotopic (exact) mass is 1650 g/mol. The van der Waals surface area contributed by atoms with Gasteiger partial charge >= 0.3 is 0 Å². The molecule has 1 saturated heterocycles. The molecule has 2 saturated carbocycles. The van der Waals surface area contributed by atoms with E-state index in [4.69, 9.17) is 9.15 Å². The lowest BCUT2D eigenvalue weighted by Crippen LogP contribution is -2.47. The lowest BCUT2D eigenvalue weighted by molar-refractivity contribution is -0.00389. The predicted octanol–water partition coefficient (Wildman–Crippen LogP) is 30.2. The molecule has 9 heterocycles. The molecule has 0 bridgehead atoms. The van der Waals surface area contributed by atoms with Gasteiger partial charge in [-0.1, -0.05) is 308 Å². The maximum absolute atomic E-state index is 5.25. The maximum Gasteiger partial charge on any atom is 0.180 e. The zero-order valence-electron chi connectivity index (χ0n) is 79.2. The van der Waals surface area contributed by atoms with Gasteiger partial charge in [0.25, 0.3) is 0 Å². The fourth-order valence-corrected chi connectivity index (χ4v) is 14.1. The van der Waals surface area contributed by atoms with Gasteiger partial charge in [-0.25, -0.2) is 9.97 Å². The highest BCUT2D eigenvalue weighted by Gasteiger charge is 2.33. The molecule has 15 heteroatoms. The number of ether oxygens (including phenoxy) is 1. The second-order valence-corrected chi connectivity index (χ2v) is 46.4. The average Bonchev–Trinajstić information content (AvgIpc) is 1.80. The van der Waals surface area contributed by atoms with Gasteiger partial charge in [-0.3, -0.25) is 24.8 Å². The van der Waals surface area contributed by atoms with Crippen LogP contribution >= 0.6 is 45.3 Å². The first kappa shape index (κ1) is 105. The molecule has 9 aromatic rings. The van der Waals surface area contributed by atoms with Crippen LogP contribution in [0.1, 0.15) is 343 Å². The second kappa shape index (κ2) is 47.7. The van der Waals surface area contributed by atoms with Crippen molar-refractivity contribution < 1.29 is 9.15 Å². The molecule has 115 heavy (non-hydrogen) atoms. The van der Waals surface area contributed by atoms with Crippen LogP contribution in [0.3, 0.4) is 0 Å². The van der Waals surface area contributed by atoms with Crippen molar-refractivity contribution >= 4 is 62.5 Å². The normalized spacial score (nSPS) is 14.9. The van der Waals surface area contributed by atoms with Gasteiger partial charge in [-0.05, 0) is 154 Å². The summed E-state index contributed by atoms with van der Waals surface area (Å²) in [4.78, 5) is 29.8. The number of aromatic nitrogens is 7. The Hall–Kier alpha value is -5.94. The Labute approximate surface area is 719 Å². The number of para-hydroxylation sites is 1. The number of thiophene rings is 1. The minimum absolute atomic E-state index is 0.0938. The van der Waals surface area contributed by atoms with Crippen LogP contribution in [0.4, 0.5) is 0 Å². The van der Waals surface area contributed by atoms with E-state index in [0.717, 1.165) is 60.8 Å². The van der Waals surface area contributed by atoms with Gasteiger partial charge in [-0.2, -0.15) is 0 Å². The van der Waals surface area contributed by atoms with Gasteiger partial charge in [-0.15, -0.1) is 55.5 Å². The maximum atomic E-state index is 5.25. The summed E-state index contributed by atoms with van der Waals surface area (Å²) in [5, 5.41) is 15.4. The van der Waals surface area contributed by atoms with Gasteiger partial charge in [0.2, 0.25) is 0 Å². The number of morpholine rings is 1. The smallest absolute Gasteiger partial charge is 0.180 e. The summed E-state index contributed by atoms with van der Waals surface area (Å²) in [6, 6.07) is 29.4. The first-order valence-corrected chi connectivity index (χ1v) is 45.6.